The summed E-state index contributed by atoms with van der Waals surface area (Å²) in [6, 6.07) is 12.1. The molecule has 2 fully saturated rings. The third-order valence-corrected chi connectivity index (χ3v) is 9.87. The van der Waals surface area contributed by atoms with E-state index < -0.39 is 0 Å². The molecule has 0 radical (unpaired) electrons. The fourth-order valence-corrected chi connectivity index (χ4v) is 9.85. The number of benzene rings is 3. The quantitative estimate of drug-likeness (QED) is 0.282. The lowest BCUT2D eigenvalue weighted by atomic mass is 9.58. The smallest absolute Gasteiger partial charge is 0.131 e. The number of hydrogen-bond donors (Lipinski definition) is 2. The normalized spacial score (nSPS) is 32.8. The van der Waals surface area contributed by atoms with E-state index in [0.717, 1.165) is 21.5 Å². The number of fused-ring (bicyclic) bond motifs is 2. The Hall–Kier alpha value is -2.22. The third-order valence-electron chi connectivity index (χ3n) is 9.87. The summed E-state index contributed by atoms with van der Waals surface area (Å²) < 4.78 is 0. The van der Waals surface area contributed by atoms with Crippen molar-refractivity contribution in [3.63, 3.8) is 0 Å². The topological polar surface area (TPSA) is 40.5 Å². The first-order valence-corrected chi connectivity index (χ1v) is 12.0. The average molecular weight is 429 g/mol. The van der Waals surface area contributed by atoms with E-state index in [4.69, 9.17) is 0 Å². The molecule has 0 aliphatic heterocycles. The lowest BCUT2D eigenvalue weighted by molar-refractivity contribution is 0.0947. The van der Waals surface area contributed by atoms with Gasteiger partial charge in [-0.3, -0.25) is 0 Å². The maximum Gasteiger partial charge on any atom is 0.131 e. The zero-order chi connectivity index (χ0) is 23.4. The van der Waals surface area contributed by atoms with Crippen molar-refractivity contribution in [2.24, 2.45) is 27.1 Å². The molecule has 2 saturated carbocycles. The maximum absolute atomic E-state index is 11.3. The first-order chi connectivity index (χ1) is 14.6. The van der Waals surface area contributed by atoms with Crippen LogP contribution in [0.25, 0.3) is 21.5 Å². The van der Waals surface area contributed by atoms with Gasteiger partial charge in [0.2, 0.25) is 0 Å². The van der Waals surface area contributed by atoms with Crippen molar-refractivity contribution >= 4 is 21.5 Å². The third kappa shape index (κ3) is 1.57. The van der Waals surface area contributed by atoms with Crippen molar-refractivity contribution < 1.29 is 10.2 Å². The van der Waals surface area contributed by atoms with Gasteiger partial charge in [0.15, 0.2) is 0 Å². The summed E-state index contributed by atoms with van der Waals surface area (Å²) in [6.07, 6.45) is 0. The molecule has 4 aliphatic carbocycles. The molecule has 0 aromatic heterocycles. The van der Waals surface area contributed by atoms with Gasteiger partial charge in [0.1, 0.15) is 11.5 Å². The molecule has 0 heterocycles. The second-order valence-corrected chi connectivity index (χ2v) is 13.8. The summed E-state index contributed by atoms with van der Waals surface area (Å²) in [5.41, 5.74) is 3.67. The second kappa shape index (κ2) is 4.98. The fraction of sp³-hybridized carbons (Fsp3) is 0.533. The second-order valence-electron chi connectivity index (χ2n) is 13.8. The molecule has 0 saturated heterocycles. The van der Waals surface area contributed by atoms with Gasteiger partial charge >= 0.3 is 0 Å². The average Bonchev–Trinajstić information content (AvgIpc) is 3.43. The molecular formula is C30H36O2. The number of aromatic hydroxyl groups is 2. The van der Waals surface area contributed by atoms with Gasteiger partial charge in [-0.1, -0.05) is 86.6 Å². The Morgan fingerprint density at radius 2 is 1.06 bits per heavy atom. The molecule has 2 unspecified atom stereocenters. The lowest BCUT2D eigenvalue weighted by Crippen LogP contribution is -2.42. The van der Waals surface area contributed by atoms with Crippen LogP contribution in [-0.4, -0.2) is 10.2 Å². The fourth-order valence-electron chi connectivity index (χ4n) is 9.85. The van der Waals surface area contributed by atoms with Gasteiger partial charge in [0.05, 0.1) is 0 Å². The van der Waals surface area contributed by atoms with Crippen molar-refractivity contribution in [1.29, 1.82) is 0 Å². The van der Waals surface area contributed by atoms with Crippen LogP contribution in [0.1, 0.15) is 79.4 Å². The monoisotopic (exact) mass is 428 g/mol. The lowest BCUT2D eigenvalue weighted by Gasteiger charge is -2.45. The van der Waals surface area contributed by atoms with Crippen LogP contribution < -0.4 is 0 Å². The Bertz CT molecular complexity index is 1330. The molecule has 2 bridgehead atoms. The van der Waals surface area contributed by atoms with Crippen molar-refractivity contribution in [1.82, 2.24) is 0 Å². The van der Waals surface area contributed by atoms with Gasteiger partial charge in [0.25, 0.3) is 0 Å². The highest BCUT2D eigenvalue weighted by Gasteiger charge is 3.13. The summed E-state index contributed by atoms with van der Waals surface area (Å²) in [7, 11) is 0. The van der Waals surface area contributed by atoms with Crippen LogP contribution in [0.4, 0.5) is 0 Å². The molecule has 2 atom stereocenters. The molecule has 7 rings (SSSR count). The van der Waals surface area contributed by atoms with E-state index >= 15 is 0 Å². The van der Waals surface area contributed by atoms with E-state index in [1.165, 1.54) is 11.1 Å². The SMILES string of the molecule is CC(C)(C)C12c3cc4c(O)c5ccccc5c(O)c4cc3C3C1(C(C)(C)C)C32C(C)(C)C. The van der Waals surface area contributed by atoms with Gasteiger partial charge in [-0.05, 0) is 45.4 Å². The highest BCUT2D eigenvalue weighted by atomic mass is 16.3. The molecule has 168 valence electrons. The molecule has 3 aromatic rings. The van der Waals surface area contributed by atoms with Crippen LogP contribution in [0.15, 0.2) is 36.4 Å². The van der Waals surface area contributed by atoms with Gasteiger partial charge in [-0.25, -0.2) is 0 Å². The van der Waals surface area contributed by atoms with Crippen LogP contribution in [-0.2, 0) is 5.41 Å². The molecule has 0 spiro atoms. The summed E-state index contributed by atoms with van der Waals surface area (Å²) in [6.45, 7) is 21.8. The Balaban J connectivity index is 1.77. The van der Waals surface area contributed by atoms with E-state index in [-0.39, 0.29) is 44.0 Å². The predicted molar refractivity (Wildman–Crippen MR) is 132 cm³/mol. The maximum atomic E-state index is 11.3. The van der Waals surface area contributed by atoms with E-state index in [0.29, 0.717) is 5.92 Å². The molecule has 2 nitrogen and oxygen atoms in total. The van der Waals surface area contributed by atoms with Crippen molar-refractivity contribution in [2.75, 3.05) is 0 Å². The van der Waals surface area contributed by atoms with E-state index in [1.54, 1.807) is 0 Å². The van der Waals surface area contributed by atoms with Crippen molar-refractivity contribution in [3.05, 3.63) is 47.5 Å². The predicted octanol–water partition coefficient (Wildman–Crippen LogP) is 7.88. The molecule has 2 N–H and O–H groups in total. The van der Waals surface area contributed by atoms with E-state index in [2.05, 4.69) is 74.4 Å². The number of phenols is 2. The highest BCUT2D eigenvalue weighted by Crippen LogP contribution is 3.16. The molecule has 0 amide bonds. The highest BCUT2D eigenvalue weighted by molar-refractivity contribution is 6.11. The largest absolute Gasteiger partial charge is 0.507 e. The molecule has 3 aromatic carbocycles. The van der Waals surface area contributed by atoms with Crippen molar-refractivity contribution in [3.8, 4) is 11.5 Å². The molecule has 2 heteroatoms. The number of rotatable bonds is 0. The molecular weight excluding hydrogens is 392 g/mol. The van der Waals surface area contributed by atoms with Crippen LogP contribution >= 0.6 is 0 Å². The van der Waals surface area contributed by atoms with E-state index in [1.807, 2.05) is 24.3 Å². The van der Waals surface area contributed by atoms with Crippen molar-refractivity contribution in [2.45, 2.75) is 73.6 Å². The van der Waals surface area contributed by atoms with Gasteiger partial charge < -0.3 is 10.2 Å². The van der Waals surface area contributed by atoms with E-state index in [9.17, 15) is 10.2 Å². The summed E-state index contributed by atoms with van der Waals surface area (Å²) in [5.74, 6) is 1.07. The minimum absolute atomic E-state index is 0.0609. The zero-order valence-electron chi connectivity index (χ0n) is 20.9. The summed E-state index contributed by atoms with van der Waals surface area (Å²) >= 11 is 0. The zero-order valence-corrected chi connectivity index (χ0v) is 20.9. The Morgan fingerprint density at radius 1 is 0.625 bits per heavy atom. The Kier molecular flexibility index (Phi) is 3.17. The van der Waals surface area contributed by atoms with Crippen LogP contribution in [0, 0.1) is 27.1 Å². The summed E-state index contributed by atoms with van der Waals surface area (Å²) in [4.78, 5) is 0. The van der Waals surface area contributed by atoms with Gasteiger partial charge in [-0.2, -0.15) is 0 Å². The van der Waals surface area contributed by atoms with Crippen LogP contribution in [0.2, 0.25) is 0 Å². The Morgan fingerprint density at radius 3 is 1.47 bits per heavy atom. The minimum Gasteiger partial charge on any atom is -0.507 e. The summed E-state index contributed by atoms with van der Waals surface area (Å²) in [5, 5.41) is 25.5. The van der Waals surface area contributed by atoms with Crippen LogP contribution in [0.5, 0.6) is 11.5 Å². The standard InChI is InChI=1S/C30H36O2/c1-25(2,3)28-21-15-19-18(22(31)16-12-10-11-13-17(16)23(19)32)14-20(21)24-29(28,26(4,5)6)30(24,28)27(7,8)9/h10-15,24,31-32H,1-9H3. The first kappa shape index (κ1) is 20.4. The number of phenolic OH excluding ortho intramolecular Hbond substituents is 2. The molecule has 4 aliphatic rings. The minimum atomic E-state index is 0.0609. The number of hydrogen-bond acceptors (Lipinski definition) is 2. The van der Waals surface area contributed by atoms with Gasteiger partial charge in [0, 0.05) is 37.8 Å². The van der Waals surface area contributed by atoms with Crippen LogP contribution in [0.3, 0.4) is 0 Å². The van der Waals surface area contributed by atoms with Gasteiger partial charge in [-0.15, -0.1) is 0 Å². The Labute approximate surface area is 191 Å². The molecule has 32 heavy (non-hydrogen) atoms. The first-order valence-electron chi connectivity index (χ1n) is 12.0.